The zero-order valence-corrected chi connectivity index (χ0v) is 49.2. The Labute approximate surface area is 455 Å². The average molecular weight is 1030 g/mol. The van der Waals surface area contributed by atoms with E-state index in [0.29, 0.717) is 19.3 Å². The number of unbranched alkanes of at least 4 members (excludes halogenated alkanes) is 43. The van der Waals surface area contributed by atoms with Crippen LogP contribution in [0.5, 0.6) is 0 Å². The lowest BCUT2D eigenvalue weighted by atomic mass is 10.0. The van der Waals surface area contributed by atoms with E-state index in [4.69, 9.17) is 14.2 Å². The van der Waals surface area contributed by atoms with Crippen LogP contribution < -0.4 is 0 Å². The number of esters is 3. The molecule has 0 aromatic carbocycles. The Balaban J connectivity index is 4.08. The van der Waals surface area contributed by atoms with Crippen molar-refractivity contribution in [1.29, 1.82) is 0 Å². The fourth-order valence-corrected chi connectivity index (χ4v) is 9.75. The van der Waals surface area contributed by atoms with Gasteiger partial charge in [0.1, 0.15) is 13.2 Å². The number of hydrogen-bond donors (Lipinski definition) is 0. The summed E-state index contributed by atoms with van der Waals surface area (Å²) in [4.78, 5) is 38.1. The maximum Gasteiger partial charge on any atom is 0.306 e. The molecule has 0 N–H and O–H groups in total. The largest absolute Gasteiger partial charge is 0.462 e. The third-order valence-electron chi connectivity index (χ3n) is 14.6. The molecule has 0 fully saturated rings. The van der Waals surface area contributed by atoms with Crippen molar-refractivity contribution in [3.05, 3.63) is 36.5 Å². The first-order valence-corrected chi connectivity index (χ1v) is 32.5. The first kappa shape index (κ1) is 70.6. The summed E-state index contributed by atoms with van der Waals surface area (Å²) in [5, 5.41) is 0. The lowest BCUT2D eigenvalue weighted by Crippen LogP contribution is -2.30. The Morgan fingerprint density at radius 3 is 0.767 bits per heavy atom. The number of rotatable bonds is 60. The van der Waals surface area contributed by atoms with Gasteiger partial charge < -0.3 is 14.2 Å². The third kappa shape index (κ3) is 60.4. The summed E-state index contributed by atoms with van der Waals surface area (Å²) in [6.45, 7) is 6.63. The topological polar surface area (TPSA) is 78.9 Å². The summed E-state index contributed by atoms with van der Waals surface area (Å²) in [5.74, 6) is -0.872. The summed E-state index contributed by atoms with van der Waals surface area (Å²) in [7, 11) is 0. The molecule has 1 atom stereocenters. The highest BCUT2D eigenvalue weighted by atomic mass is 16.6. The quantitative estimate of drug-likeness (QED) is 0.0261. The minimum absolute atomic E-state index is 0.0732. The molecule has 0 aliphatic carbocycles. The molecule has 0 aromatic heterocycles. The molecule has 0 bridgehead atoms. The summed E-state index contributed by atoms with van der Waals surface area (Å²) in [5.41, 5.74) is 0. The molecule has 0 spiro atoms. The molecular weight excluding hydrogens is 901 g/mol. The van der Waals surface area contributed by atoms with Gasteiger partial charge in [0, 0.05) is 19.3 Å². The summed E-state index contributed by atoms with van der Waals surface area (Å²) in [6.07, 6.45) is 76.2. The van der Waals surface area contributed by atoms with Gasteiger partial charge in [0.05, 0.1) is 0 Å². The van der Waals surface area contributed by atoms with E-state index in [0.717, 1.165) is 77.0 Å². The van der Waals surface area contributed by atoms with Crippen LogP contribution in [0.4, 0.5) is 0 Å². The predicted octanol–water partition coefficient (Wildman–Crippen LogP) is 22.0. The fourth-order valence-electron chi connectivity index (χ4n) is 9.75. The van der Waals surface area contributed by atoms with Crippen molar-refractivity contribution in [1.82, 2.24) is 0 Å². The Kier molecular flexibility index (Phi) is 60.2. The zero-order chi connectivity index (χ0) is 52.9. The zero-order valence-electron chi connectivity index (χ0n) is 49.2. The number of carbonyl (C=O) groups excluding carboxylic acids is 3. The van der Waals surface area contributed by atoms with Crippen LogP contribution in [0.2, 0.25) is 0 Å². The maximum absolute atomic E-state index is 12.8. The molecule has 0 heterocycles. The molecule has 0 aromatic rings. The summed E-state index contributed by atoms with van der Waals surface area (Å²) >= 11 is 0. The molecule has 0 amide bonds. The van der Waals surface area contributed by atoms with E-state index in [2.05, 4.69) is 57.2 Å². The van der Waals surface area contributed by atoms with Crippen LogP contribution in [-0.2, 0) is 28.6 Å². The van der Waals surface area contributed by atoms with E-state index in [-0.39, 0.29) is 31.1 Å². The van der Waals surface area contributed by atoms with E-state index >= 15 is 0 Å². The Bertz CT molecular complexity index is 1220. The second-order valence-corrected chi connectivity index (χ2v) is 22.0. The van der Waals surface area contributed by atoms with E-state index in [1.165, 1.54) is 238 Å². The van der Waals surface area contributed by atoms with Gasteiger partial charge in [-0.15, -0.1) is 0 Å². The molecule has 0 saturated carbocycles. The van der Waals surface area contributed by atoms with Crippen LogP contribution in [0.3, 0.4) is 0 Å². The van der Waals surface area contributed by atoms with Crippen molar-refractivity contribution in [2.45, 2.75) is 361 Å². The van der Waals surface area contributed by atoms with Crippen molar-refractivity contribution >= 4 is 17.9 Å². The van der Waals surface area contributed by atoms with Crippen molar-refractivity contribution in [2.24, 2.45) is 0 Å². The van der Waals surface area contributed by atoms with Gasteiger partial charge in [-0.1, -0.05) is 314 Å². The van der Waals surface area contributed by atoms with Crippen LogP contribution in [0.1, 0.15) is 355 Å². The smallest absolute Gasteiger partial charge is 0.306 e. The van der Waals surface area contributed by atoms with Crippen LogP contribution in [0.25, 0.3) is 0 Å². The van der Waals surface area contributed by atoms with Crippen LogP contribution in [0, 0.1) is 0 Å². The summed E-state index contributed by atoms with van der Waals surface area (Å²) < 4.78 is 16.8. The number of hydrogen-bond acceptors (Lipinski definition) is 6. The Morgan fingerprint density at radius 1 is 0.274 bits per heavy atom. The van der Waals surface area contributed by atoms with Crippen molar-refractivity contribution in [3.8, 4) is 0 Å². The summed E-state index contributed by atoms with van der Waals surface area (Å²) in [6, 6.07) is 0. The van der Waals surface area contributed by atoms with Gasteiger partial charge in [0.15, 0.2) is 6.10 Å². The van der Waals surface area contributed by atoms with Gasteiger partial charge in [-0.2, -0.15) is 0 Å². The van der Waals surface area contributed by atoms with E-state index in [1.54, 1.807) is 0 Å². The number of allylic oxidation sites excluding steroid dienone is 6. The van der Waals surface area contributed by atoms with Crippen molar-refractivity contribution in [3.63, 3.8) is 0 Å². The molecule has 6 nitrogen and oxygen atoms in total. The first-order valence-electron chi connectivity index (χ1n) is 32.5. The van der Waals surface area contributed by atoms with Crippen molar-refractivity contribution in [2.75, 3.05) is 13.2 Å². The van der Waals surface area contributed by atoms with Crippen molar-refractivity contribution < 1.29 is 28.6 Å². The highest BCUT2D eigenvalue weighted by Crippen LogP contribution is 2.18. The predicted molar refractivity (Wildman–Crippen MR) is 316 cm³/mol. The molecule has 0 aliphatic heterocycles. The Hall–Kier alpha value is -2.37. The average Bonchev–Trinajstić information content (AvgIpc) is 3.39. The molecule has 6 heteroatoms. The van der Waals surface area contributed by atoms with Gasteiger partial charge in [-0.3, -0.25) is 14.4 Å². The normalized spacial score (nSPS) is 12.2. The minimum atomic E-state index is -0.775. The van der Waals surface area contributed by atoms with Crippen LogP contribution in [0.15, 0.2) is 36.5 Å². The third-order valence-corrected chi connectivity index (χ3v) is 14.6. The molecular formula is C67H124O6. The second kappa shape index (κ2) is 62.2. The lowest BCUT2D eigenvalue weighted by molar-refractivity contribution is -0.167. The van der Waals surface area contributed by atoms with Gasteiger partial charge in [0.25, 0.3) is 0 Å². The Morgan fingerprint density at radius 2 is 0.493 bits per heavy atom. The van der Waals surface area contributed by atoms with Gasteiger partial charge in [-0.05, 0) is 57.8 Å². The van der Waals surface area contributed by atoms with E-state index in [9.17, 15) is 14.4 Å². The molecule has 73 heavy (non-hydrogen) atoms. The first-order chi connectivity index (χ1) is 36.0. The molecule has 0 rings (SSSR count). The minimum Gasteiger partial charge on any atom is -0.462 e. The lowest BCUT2D eigenvalue weighted by Gasteiger charge is -2.18. The van der Waals surface area contributed by atoms with Gasteiger partial charge >= 0.3 is 17.9 Å². The molecule has 428 valence electrons. The van der Waals surface area contributed by atoms with E-state index < -0.39 is 6.10 Å². The van der Waals surface area contributed by atoms with Gasteiger partial charge in [0.2, 0.25) is 0 Å². The maximum atomic E-state index is 12.8. The second-order valence-electron chi connectivity index (χ2n) is 22.0. The molecule has 1 unspecified atom stereocenters. The number of ether oxygens (including phenoxy) is 3. The molecule has 0 radical (unpaired) electrons. The van der Waals surface area contributed by atoms with Gasteiger partial charge in [-0.25, -0.2) is 0 Å². The van der Waals surface area contributed by atoms with Crippen LogP contribution in [-0.4, -0.2) is 37.2 Å². The number of carbonyl (C=O) groups is 3. The standard InChI is InChI=1S/C67H124O6/c1-4-7-10-13-16-18-20-22-24-26-28-30-31-32-33-34-35-37-38-40-42-44-46-48-51-54-57-60-66(69)72-63-64(62-71-65(68)59-56-53-50-15-12-9-6-3)73-67(70)61-58-55-52-49-47-45-43-41-39-36-29-27-25-23-21-19-17-14-11-8-5-2/h21,23,27,29,39,41,64H,4-20,22,24-26,28,30-38,40,42-63H2,1-3H3/b23-21-,29-27-,41-39-. The SMILES string of the molecule is CCCCCCC/C=C\C/C=C\C/C=C\CCCCCCCCC(=O)OC(COC(=O)CCCCCCCCC)COC(=O)CCCCCCCCCCCCCCCCCCCCCCCCCCCCC. The highest BCUT2D eigenvalue weighted by molar-refractivity contribution is 5.71. The fraction of sp³-hybridized carbons (Fsp3) is 0.866. The molecule has 0 aliphatic rings. The highest BCUT2D eigenvalue weighted by Gasteiger charge is 2.19. The van der Waals surface area contributed by atoms with Crippen LogP contribution >= 0.6 is 0 Å². The molecule has 0 saturated heterocycles. The monoisotopic (exact) mass is 1020 g/mol. The van der Waals surface area contributed by atoms with E-state index in [1.807, 2.05) is 0 Å².